The van der Waals surface area contributed by atoms with Crippen molar-refractivity contribution >= 4 is 5.97 Å². The zero-order valence-corrected chi connectivity index (χ0v) is 11.4. The number of aliphatic hydroxyl groups is 2. The topological polar surface area (TPSA) is 84.6 Å². The van der Waals surface area contributed by atoms with E-state index in [1.807, 2.05) is 0 Å². The first kappa shape index (κ1) is 15.1. The molecule has 0 aliphatic heterocycles. The van der Waals surface area contributed by atoms with Crippen LogP contribution in [0.5, 0.6) is 0 Å². The smallest absolute Gasteiger partial charge is 0.358 e. The zero-order chi connectivity index (χ0) is 15.4. The number of aliphatic hydroxyl groups excluding tert-OH is 2. The summed E-state index contributed by atoms with van der Waals surface area (Å²) in [6.07, 6.45) is 0.417. The number of ether oxygens (including phenoxy) is 1. The monoisotopic (exact) mass is 294 g/mol. The van der Waals surface area contributed by atoms with E-state index < -0.39 is 24.5 Å². The Morgan fingerprint density at radius 1 is 1.43 bits per heavy atom. The fraction of sp³-hybridized carbons (Fsp3) is 0.286. The summed E-state index contributed by atoms with van der Waals surface area (Å²) >= 11 is 0. The average molecular weight is 294 g/mol. The molecular weight excluding hydrogens is 279 g/mol. The molecule has 0 spiro atoms. The third kappa shape index (κ3) is 3.26. The number of esters is 1. The van der Waals surface area contributed by atoms with Gasteiger partial charge >= 0.3 is 5.97 Å². The maximum Gasteiger partial charge on any atom is 0.358 e. The maximum absolute atomic E-state index is 12.8. The van der Waals surface area contributed by atoms with Crippen LogP contribution in [0, 0.1) is 5.82 Å². The van der Waals surface area contributed by atoms with Crippen LogP contribution in [-0.4, -0.2) is 32.8 Å². The van der Waals surface area contributed by atoms with Crippen molar-refractivity contribution in [2.75, 3.05) is 7.11 Å². The van der Waals surface area contributed by atoms with Gasteiger partial charge in [0.05, 0.1) is 38.4 Å². The van der Waals surface area contributed by atoms with Crippen LogP contribution in [-0.2, 0) is 17.9 Å². The van der Waals surface area contributed by atoms with Crippen molar-refractivity contribution < 1.29 is 24.1 Å². The normalized spacial score (nSPS) is 12.2. The standard InChI is InChI=1S/C14H15FN2O4/c1-21-14(20)13-11(7-18)17(8-16-13)6-12(19)9-2-4-10(15)5-3-9/h2-5,8,12,18-19H,6-7H2,1H3. The van der Waals surface area contributed by atoms with Crippen LogP contribution < -0.4 is 0 Å². The first-order valence-corrected chi connectivity index (χ1v) is 6.23. The summed E-state index contributed by atoms with van der Waals surface area (Å²) in [4.78, 5) is 15.4. The van der Waals surface area contributed by atoms with E-state index in [0.29, 0.717) is 5.56 Å². The minimum Gasteiger partial charge on any atom is -0.464 e. The summed E-state index contributed by atoms with van der Waals surface area (Å²) in [5.41, 5.74) is 0.780. The number of benzene rings is 1. The second-order valence-electron chi connectivity index (χ2n) is 4.41. The van der Waals surface area contributed by atoms with Gasteiger partial charge in [-0.15, -0.1) is 0 Å². The van der Waals surface area contributed by atoms with E-state index in [4.69, 9.17) is 0 Å². The Hall–Kier alpha value is -2.25. The summed E-state index contributed by atoms with van der Waals surface area (Å²) in [5, 5.41) is 19.5. The van der Waals surface area contributed by atoms with Crippen LogP contribution >= 0.6 is 0 Å². The summed E-state index contributed by atoms with van der Waals surface area (Å²) in [5.74, 6) is -1.05. The summed E-state index contributed by atoms with van der Waals surface area (Å²) in [6.45, 7) is -0.341. The first-order chi connectivity index (χ1) is 10.1. The molecule has 0 amide bonds. The molecule has 0 aliphatic carbocycles. The van der Waals surface area contributed by atoms with Crippen LogP contribution in [0.15, 0.2) is 30.6 Å². The van der Waals surface area contributed by atoms with Crippen molar-refractivity contribution in [3.8, 4) is 0 Å². The second-order valence-corrected chi connectivity index (χ2v) is 4.41. The lowest BCUT2D eigenvalue weighted by atomic mass is 10.1. The van der Waals surface area contributed by atoms with Gasteiger partial charge in [0.1, 0.15) is 5.82 Å². The molecule has 6 nitrogen and oxygen atoms in total. The van der Waals surface area contributed by atoms with E-state index in [0.717, 1.165) is 0 Å². The first-order valence-electron chi connectivity index (χ1n) is 6.23. The Morgan fingerprint density at radius 2 is 2.10 bits per heavy atom. The largest absolute Gasteiger partial charge is 0.464 e. The molecule has 21 heavy (non-hydrogen) atoms. The predicted molar refractivity (Wildman–Crippen MR) is 70.8 cm³/mol. The fourth-order valence-corrected chi connectivity index (χ4v) is 1.97. The van der Waals surface area contributed by atoms with Crippen molar-refractivity contribution in [3.63, 3.8) is 0 Å². The molecule has 2 aromatic rings. The number of carbonyl (C=O) groups excluding carboxylic acids is 1. The number of hydrogen-bond acceptors (Lipinski definition) is 5. The second kappa shape index (κ2) is 6.47. The Balaban J connectivity index is 2.21. The van der Waals surface area contributed by atoms with Crippen molar-refractivity contribution in [3.05, 3.63) is 53.4 Å². The highest BCUT2D eigenvalue weighted by atomic mass is 19.1. The van der Waals surface area contributed by atoms with E-state index in [-0.39, 0.29) is 17.9 Å². The van der Waals surface area contributed by atoms with Crippen LogP contribution in [0.2, 0.25) is 0 Å². The van der Waals surface area contributed by atoms with Crippen LogP contribution in [0.4, 0.5) is 4.39 Å². The van der Waals surface area contributed by atoms with Gasteiger partial charge in [0.15, 0.2) is 5.69 Å². The summed E-state index contributed by atoms with van der Waals surface area (Å²) in [6, 6.07) is 5.44. The molecule has 112 valence electrons. The third-order valence-electron chi connectivity index (χ3n) is 3.10. The number of imidazole rings is 1. The minimum atomic E-state index is -0.921. The Morgan fingerprint density at radius 3 is 2.67 bits per heavy atom. The van der Waals surface area contributed by atoms with Gasteiger partial charge in [-0.3, -0.25) is 0 Å². The number of halogens is 1. The van der Waals surface area contributed by atoms with Gasteiger partial charge in [-0.05, 0) is 17.7 Å². The number of rotatable bonds is 5. The molecule has 1 unspecified atom stereocenters. The van der Waals surface area contributed by atoms with Gasteiger partial charge in [-0.25, -0.2) is 14.2 Å². The summed E-state index contributed by atoms with van der Waals surface area (Å²) in [7, 11) is 1.22. The van der Waals surface area contributed by atoms with Crippen LogP contribution in [0.3, 0.4) is 0 Å². The molecule has 1 aromatic heterocycles. The van der Waals surface area contributed by atoms with Crippen LogP contribution in [0.1, 0.15) is 27.8 Å². The number of methoxy groups -OCH3 is 1. The number of aromatic nitrogens is 2. The molecule has 1 aromatic carbocycles. The Bertz CT molecular complexity index is 624. The molecule has 2 rings (SSSR count). The predicted octanol–water partition coefficient (Wildman–Crippen LogP) is 1.03. The minimum absolute atomic E-state index is 0.00584. The number of carbonyl (C=O) groups is 1. The fourth-order valence-electron chi connectivity index (χ4n) is 1.97. The molecule has 1 heterocycles. The van der Waals surface area contributed by atoms with Gasteiger partial charge in [0, 0.05) is 0 Å². The van der Waals surface area contributed by atoms with Gasteiger partial charge in [-0.2, -0.15) is 0 Å². The molecule has 0 bridgehead atoms. The quantitative estimate of drug-likeness (QED) is 0.805. The van der Waals surface area contributed by atoms with Gasteiger partial charge in [0.2, 0.25) is 0 Å². The van der Waals surface area contributed by atoms with Crippen molar-refractivity contribution in [1.82, 2.24) is 9.55 Å². The van der Waals surface area contributed by atoms with E-state index in [2.05, 4.69) is 9.72 Å². The lowest BCUT2D eigenvalue weighted by molar-refractivity contribution is 0.0589. The third-order valence-corrected chi connectivity index (χ3v) is 3.10. The lowest BCUT2D eigenvalue weighted by Gasteiger charge is -2.14. The van der Waals surface area contributed by atoms with E-state index in [1.54, 1.807) is 0 Å². The maximum atomic E-state index is 12.8. The van der Waals surface area contributed by atoms with Crippen molar-refractivity contribution in [1.29, 1.82) is 0 Å². The van der Waals surface area contributed by atoms with Gasteiger partial charge < -0.3 is 19.5 Å². The lowest BCUT2D eigenvalue weighted by Crippen LogP contribution is -2.13. The van der Waals surface area contributed by atoms with Crippen molar-refractivity contribution in [2.24, 2.45) is 0 Å². The van der Waals surface area contributed by atoms with Crippen LogP contribution in [0.25, 0.3) is 0 Å². The molecular formula is C14H15FN2O4. The molecule has 0 radical (unpaired) electrons. The molecule has 2 N–H and O–H groups in total. The molecule has 0 aliphatic rings. The Kier molecular flexibility index (Phi) is 4.66. The number of nitrogens with zero attached hydrogens (tertiary/aromatic N) is 2. The zero-order valence-electron chi connectivity index (χ0n) is 11.4. The van der Waals surface area contributed by atoms with Crippen molar-refractivity contribution in [2.45, 2.75) is 19.3 Å². The van der Waals surface area contributed by atoms with E-state index in [9.17, 15) is 19.4 Å². The Labute approximate surface area is 120 Å². The molecule has 7 heteroatoms. The van der Waals surface area contributed by atoms with E-state index in [1.165, 1.54) is 42.3 Å². The SMILES string of the molecule is COC(=O)c1ncn(CC(O)c2ccc(F)cc2)c1CO. The average Bonchev–Trinajstić information content (AvgIpc) is 2.89. The number of hydrogen-bond donors (Lipinski definition) is 2. The van der Waals surface area contributed by atoms with E-state index >= 15 is 0 Å². The van der Waals surface area contributed by atoms with Gasteiger partial charge in [-0.1, -0.05) is 12.1 Å². The highest BCUT2D eigenvalue weighted by Gasteiger charge is 2.19. The molecule has 0 fully saturated rings. The highest BCUT2D eigenvalue weighted by molar-refractivity contribution is 5.88. The highest BCUT2D eigenvalue weighted by Crippen LogP contribution is 2.18. The van der Waals surface area contributed by atoms with Gasteiger partial charge in [0.25, 0.3) is 0 Å². The summed E-state index contributed by atoms with van der Waals surface area (Å²) < 4.78 is 18.9. The molecule has 0 saturated carbocycles. The molecule has 1 atom stereocenters. The molecule has 0 saturated heterocycles.